The molecule has 238 valence electrons. The highest BCUT2D eigenvalue weighted by atomic mass is 35.5. The van der Waals surface area contributed by atoms with Crippen LogP contribution in [0, 0.1) is 0 Å². The number of hydrogen-bond donors (Lipinski definition) is 0. The predicted molar refractivity (Wildman–Crippen MR) is 177 cm³/mol. The van der Waals surface area contributed by atoms with Gasteiger partial charge in [-0.1, -0.05) is 60.1 Å². The molecule has 0 radical (unpaired) electrons. The van der Waals surface area contributed by atoms with E-state index in [0.717, 1.165) is 21.9 Å². The molecule has 6 rings (SSSR count). The summed E-state index contributed by atoms with van der Waals surface area (Å²) in [6, 6.07) is 26.3. The number of hydrogen-bond acceptors (Lipinski definition) is 7. The molecule has 0 aliphatic carbocycles. The van der Waals surface area contributed by atoms with Crippen LogP contribution in [0.3, 0.4) is 0 Å². The third-order valence-electron chi connectivity index (χ3n) is 7.89. The molecule has 9 nitrogen and oxygen atoms in total. The Morgan fingerprint density at radius 3 is 2.46 bits per heavy atom. The van der Waals surface area contributed by atoms with Crippen molar-refractivity contribution in [1.82, 2.24) is 14.5 Å². The molecule has 0 N–H and O–H groups in total. The second-order valence-corrected chi connectivity index (χ2v) is 12.7. The number of aromatic nitrogens is 2. The molecule has 46 heavy (non-hydrogen) atoms. The summed E-state index contributed by atoms with van der Waals surface area (Å²) in [6.07, 6.45) is -0.443. The minimum absolute atomic E-state index is 0.119. The maximum absolute atomic E-state index is 13.6. The van der Waals surface area contributed by atoms with E-state index in [1.165, 1.54) is 4.57 Å². The van der Waals surface area contributed by atoms with Gasteiger partial charge in [0.2, 0.25) is 0 Å². The fraction of sp³-hybridized carbons (Fsp3) is 0.306. The van der Waals surface area contributed by atoms with Crippen LogP contribution >= 0.6 is 11.6 Å². The number of carbonyl (C=O) groups excluding carboxylic acids is 2. The summed E-state index contributed by atoms with van der Waals surface area (Å²) in [6.45, 7) is 6.32. The smallest absolute Gasteiger partial charge is 0.419 e. The molecule has 3 aromatic carbocycles. The number of pyridine rings is 1. The fourth-order valence-corrected chi connectivity index (χ4v) is 5.92. The molecule has 3 heterocycles. The Morgan fingerprint density at radius 1 is 0.935 bits per heavy atom. The van der Waals surface area contributed by atoms with E-state index < -0.39 is 17.8 Å². The zero-order chi connectivity index (χ0) is 32.4. The number of halogens is 1. The van der Waals surface area contributed by atoms with E-state index in [1.807, 2.05) is 99.6 Å². The molecule has 0 bridgehead atoms. The number of ether oxygens (including phenoxy) is 4. The lowest BCUT2D eigenvalue weighted by atomic mass is 10.1. The van der Waals surface area contributed by atoms with Crippen molar-refractivity contribution < 1.29 is 28.5 Å². The molecule has 0 spiro atoms. The first kappa shape index (κ1) is 31.4. The van der Waals surface area contributed by atoms with Gasteiger partial charge in [-0.05, 0) is 69.2 Å². The summed E-state index contributed by atoms with van der Waals surface area (Å²) in [5.74, 6) is 0.585. The fourth-order valence-electron chi connectivity index (χ4n) is 5.68. The van der Waals surface area contributed by atoms with Gasteiger partial charge in [-0.3, -0.25) is 4.90 Å². The quantitative estimate of drug-likeness (QED) is 0.166. The Hall–Kier alpha value is -4.60. The van der Waals surface area contributed by atoms with Crippen LogP contribution in [-0.4, -0.2) is 64.6 Å². The van der Waals surface area contributed by atoms with Gasteiger partial charge in [0, 0.05) is 23.4 Å². The molecule has 1 aliphatic rings. The first-order valence-electron chi connectivity index (χ1n) is 15.2. The van der Waals surface area contributed by atoms with Crippen molar-refractivity contribution in [2.45, 2.75) is 51.5 Å². The van der Waals surface area contributed by atoms with E-state index >= 15 is 0 Å². The van der Waals surface area contributed by atoms with Gasteiger partial charge in [0.15, 0.2) is 0 Å². The van der Waals surface area contributed by atoms with Crippen LogP contribution in [0.15, 0.2) is 84.9 Å². The highest BCUT2D eigenvalue weighted by Gasteiger charge is 2.37. The van der Waals surface area contributed by atoms with Gasteiger partial charge in [-0.25, -0.2) is 19.1 Å². The first-order valence-corrected chi connectivity index (χ1v) is 15.5. The molecule has 0 saturated carbocycles. The average molecular weight is 642 g/mol. The van der Waals surface area contributed by atoms with Crippen molar-refractivity contribution in [1.29, 1.82) is 0 Å². The van der Waals surface area contributed by atoms with Gasteiger partial charge >= 0.3 is 12.2 Å². The van der Waals surface area contributed by atoms with E-state index in [1.54, 1.807) is 18.1 Å². The van der Waals surface area contributed by atoms with Crippen LogP contribution in [-0.2, 0) is 20.8 Å². The maximum Gasteiger partial charge on any atom is 0.419 e. The molecular weight excluding hydrogens is 606 g/mol. The lowest BCUT2D eigenvalue weighted by Crippen LogP contribution is -2.39. The number of likely N-dealkylation sites (tertiary alicyclic amines) is 1. The number of fused-ring (bicyclic) bond motifs is 2. The Kier molecular flexibility index (Phi) is 8.88. The molecule has 2 atom stereocenters. The van der Waals surface area contributed by atoms with E-state index in [0.29, 0.717) is 35.5 Å². The molecular formula is C36H36ClN3O6. The van der Waals surface area contributed by atoms with Crippen LogP contribution in [0.1, 0.15) is 32.8 Å². The third kappa shape index (κ3) is 6.80. The lowest BCUT2D eigenvalue weighted by Gasteiger charge is -2.24. The molecule has 1 aliphatic heterocycles. The van der Waals surface area contributed by atoms with Crippen LogP contribution in [0.4, 0.5) is 9.59 Å². The van der Waals surface area contributed by atoms with E-state index in [4.69, 9.17) is 30.5 Å². The summed E-state index contributed by atoms with van der Waals surface area (Å²) in [4.78, 5) is 32.9. The largest absolute Gasteiger partial charge is 0.491 e. The zero-order valence-corrected chi connectivity index (χ0v) is 27.0. The molecule has 5 aromatic rings. The lowest BCUT2D eigenvalue weighted by molar-refractivity contribution is 0.0547. The molecule has 2 aromatic heterocycles. The summed E-state index contributed by atoms with van der Waals surface area (Å²) >= 11 is 6.70. The number of para-hydroxylation sites is 1. The monoisotopic (exact) mass is 641 g/mol. The number of amides is 1. The number of benzene rings is 3. The van der Waals surface area contributed by atoms with Gasteiger partial charge in [-0.15, -0.1) is 0 Å². The van der Waals surface area contributed by atoms with Crippen molar-refractivity contribution in [3.05, 3.63) is 95.6 Å². The van der Waals surface area contributed by atoms with Crippen molar-refractivity contribution in [3.63, 3.8) is 0 Å². The second-order valence-electron chi connectivity index (χ2n) is 12.3. The van der Waals surface area contributed by atoms with Crippen LogP contribution < -0.4 is 4.74 Å². The van der Waals surface area contributed by atoms with Gasteiger partial charge in [0.25, 0.3) is 0 Å². The van der Waals surface area contributed by atoms with Crippen LogP contribution in [0.25, 0.3) is 33.1 Å². The summed E-state index contributed by atoms with van der Waals surface area (Å²) in [5.41, 5.74) is 2.74. The van der Waals surface area contributed by atoms with Crippen molar-refractivity contribution >= 4 is 45.6 Å². The standard InChI is InChI=1S/C36H36ClN3O6/c1-36(2,3)46-35(42)40-31-15-14-27(16-25(31)18-32(40)29-17-24-12-8-9-13-30(24)38-33(29)37)44-22-26-19-28(43-4)20-39(26)34(41)45-21-23-10-6-5-7-11-23/h5-18,26,28H,19-22H2,1-4H3/t26-,28+/m0/s1. The van der Waals surface area contributed by atoms with Gasteiger partial charge in [-0.2, -0.15) is 0 Å². The predicted octanol–water partition coefficient (Wildman–Crippen LogP) is 8.10. The number of rotatable bonds is 7. The van der Waals surface area contributed by atoms with Crippen molar-refractivity contribution in [3.8, 4) is 17.0 Å². The average Bonchev–Trinajstić information content (AvgIpc) is 3.63. The minimum Gasteiger partial charge on any atom is -0.491 e. The summed E-state index contributed by atoms with van der Waals surface area (Å²) in [7, 11) is 1.64. The van der Waals surface area contributed by atoms with Crippen LogP contribution in [0.5, 0.6) is 5.75 Å². The molecule has 1 fully saturated rings. The Morgan fingerprint density at radius 2 is 1.70 bits per heavy atom. The second kappa shape index (κ2) is 13.0. The minimum atomic E-state index is -0.713. The Labute approximate surface area is 272 Å². The Balaban J connectivity index is 1.27. The highest BCUT2D eigenvalue weighted by Crippen LogP contribution is 2.36. The van der Waals surface area contributed by atoms with Gasteiger partial charge in [0.1, 0.15) is 29.7 Å². The van der Waals surface area contributed by atoms with Gasteiger partial charge < -0.3 is 18.9 Å². The topological polar surface area (TPSA) is 92.1 Å². The third-order valence-corrected chi connectivity index (χ3v) is 8.18. The zero-order valence-electron chi connectivity index (χ0n) is 26.2. The molecule has 10 heteroatoms. The molecule has 1 amide bonds. The normalized spacial score (nSPS) is 16.6. The van der Waals surface area contributed by atoms with Crippen LogP contribution in [0.2, 0.25) is 5.15 Å². The summed E-state index contributed by atoms with van der Waals surface area (Å²) < 4.78 is 24.7. The number of methoxy groups -OCH3 is 1. The van der Waals surface area contributed by atoms with Crippen molar-refractivity contribution in [2.24, 2.45) is 0 Å². The number of carbonyl (C=O) groups is 2. The van der Waals surface area contributed by atoms with Crippen molar-refractivity contribution in [2.75, 3.05) is 20.3 Å². The van der Waals surface area contributed by atoms with Gasteiger partial charge in [0.05, 0.1) is 35.4 Å². The van der Waals surface area contributed by atoms with E-state index in [9.17, 15) is 9.59 Å². The molecule has 1 saturated heterocycles. The highest BCUT2D eigenvalue weighted by molar-refractivity contribution is 6.32. The first-order chi connectivity index (χ1) is 22.1. The Bertz CT molecular complexity index is 1880. The van der Waals surface area contributed by atoms with E-state index in [2.05, 4.69) is 4.98 Å². The van der Waals surface area contributed by atoms with E-state index in [-0.39, 0.29) is 30.5 Å². The maximum atomic E-state index is 13.6. The summed E-state index contributed by atoms with van der Waals surface area (Å²) in [5, 5.41) is 1.92. The SMILES string of the molecule is CO[C@@H]1C[C@@H](COc2ccc3c(c2)cc(-c2cc4ccccc4nc2Cl)n3C(=O)OC(C)(C)C)N(C(=O)OCc2ccccc2)C1. The molecule has 0 unspecified atom stereocenters. The number of nitrogens with zero attached hydrogens (tertiary/aromatic N) is 3.